The summed E-state index contributed by atoms with van der Waals surface area (Å²) in [7, 11) is 0. The molecule has 2 aliphatic heterocycles. The van der Waals surface area contributed by atoms with Gasteiger partial charge in [0.15, 0.2) is 0 Å². The molecular weight excluding hydrogens is 230 g/mol. The number of hydrogen-bond acceptors (Lipinski definition) is 3. The van der Waals surface area contributed by atoms with E-state index < -0.39 is 0 Å². The van der Waals surface area contributed by atoms with Crippen LogP contribution in [0.1, 0.15) is 18.4 Å². The van der Waals surface area contributed by atoms with Crippen molar-refractivity contribution in [3.05, 3.63) is 35.9 Å². The van der Waals surface area contributed by atoms with Crippen LogP contribution in [0, 0.1) is 5.92 Å². The summed E-state index contributed by atoms with van der Waals surface area (Å²) in [5, 5.41) is 0. The van der Waals surface area contributed by atoms with Crippen molar-refractivity contribution in [2.45, 2.75) is 25.5 Å². The fraction of sp³-hybridized carbons (Fsp3) is 0.429. The predicted molar refractivity (Wildman–Crippen MR) is 64.5 cm³/mol. The van der Waals surface area contributed by atoms with Crippen molar-refractivity contribution in [3.8, 4) is 0 Å². The molecule has 0 aromatic heterocycles. The minimum Gasteiger partial charge on any atom is -0.460 e. The van der Waals surface area contributed by atoms with Crippen molar-refractivity contribution < 1.29 is 14.3 Å². The Morgan fingerprint density at radius 1 is 1.17 bits per heavy atom. The highest BCUT2D eigenvalue weighted by Crippen LogP contribution is 2.31. The first-order chi connectivity index (χ1) is 8.72. The molecule has 94 valence electrons. The fourth-order valence-corrected chi connectivity index (χ4v) is 2.68. The van der Waals surface area contributed by atoms with Crippen molar-refractivity contribution in [2.24, 2.45) is 5.92 Å². The molecule has 0 unspecified atom stereocenters. The maximum atomic E-state index is 12.0. The number of rotatable bonds is 2. The zero-order chi connectivity index (χ0) is 12.5. The molecule has 0 aliphatic carbocycles. The molecule has 0 spiro atoms. The average Bonchev–Trinajstić information content (AvgIpc) is 2.70. The third-order valence-corrected chi connectivity index (χ3v) is 3.64. The first kappa shape index (κ1) is 11.3. The van der Waals surface area contributed by atoms with Gasteiger partial charge in [0.2, 0.25) is 5.91 Å². The standard InChI is InChI=1S/C14H15NO3/c16-13-6-11-7-14(17)18-12(11)9-15(13)8-10-4-2-1-3-5-10/h1-5,11-12H,6-9H2/t11-,12-/m0/s1. The predicted octanol–water partition coefficient (Wildman–Crippen LogP) is 1.35. The Morgan fingerprint density at radius 3 is 2.72 bits per heavy atom. The molecule has 2 heterocycles. The van der Waals surface area contributed by atoms with Gasteiger partial charge in [-0.25, -0.2) is 0 Å². The summed E-state index contributed by atoms with van der Waals surface area (Å²) < 4.78 is 5.25. The van der Waals surface area contributed by atoms with Gasteiger partial charge in [0.25, 0.3) is 0 Å². The van der Waals surface area contributed by atoms with Crippen molar-refractivity contribution >= 4 is 11.9 Å². The van der Waals surface area contributed by atoms with E-state index in [2.05, 4.69) is 0 Å². The highest BCUT2D eigenvalue weighted by molar-refractivity contribution is 5.80. The molecule has 2 saturated heterocycles. The summed E-state index contributed by atoms with van der Waals surface area (Å²) in [6.45, 7) is 1.13. The minimum absolute atomic E-state index is 0.0945. The van der Waals surface area contributed by atoms with Gasteiger partial charge in [-0.3, -0.25) is 9.59 Å². The Kier molecular flexibility index (Phi) is 2.78. The van der Waals surface area contributed by atoms with Crippen molar-refractivity contribution in [2.75, 3.05) is 6.54 Å². The van der Waals surface area contributed by atoms with Crippen LogP contribution in [0.3, 0.4) is 0 Å². The molecule has 1 aromatic rings. The lowest BCUT2D eigenvalue weighted by Gasteiger charge is -2.33. The van der Waals surface area contributed by atoms with Crippen molar-refractivity contribution in [1.82, 2.24) is 4.90 Å². The Bertz CT molecular complexity index is 471. The average molecular weight is 245 g/mol. The van der Waals surface area contributed by atoms with Gasteiger partial charge in [-0.2, -0.15) is 0 Å². The molecule has 0 radical (unpaired) electrons. The van der Waals surface area contributed by atoms with E-state index in [1.165, 1.54) is 0 Å². The lowest BCUT2D eigenvalue weighted by molar-refractivity contribution is -0.148. The van der Waals surface area contributed by atoms with Crippen LogP contribution in [-0.2, 0) is 20.9 Å². The van der Waals surface area contributed by atoms with Gasteiger partial charge in [0.05, 0.1) is 13.0 Å². The first-order valence-corrected chi connectivity index (χ1v) is 6.23. The zero-order valence-electron chi connectivity index (χ0n) is 10.0. The van der Waals surface area contributed by atoms with Gasteiger partial charge in [0.1, 0.15) is 6.10 Å². The van der Waals surface area contributed by atoms with Crippen LogP contribution in [0.15, 0.2) is 30.3 Å². The lowest BCUT2D eigenvalue weighted by atomic mass is 9.92. The number of esters is 1. The van der Waals surface area contributed by atoms with Crippen LogP contribution in [-0.4, -0.2) is 29.4 Å². The fourth-order valence-electron chi connectivity index (χ4n) is 2.68. The second-order valence-corrected chi connectivity index (χ2v) is 4.96. The monoisotopic (exact) mass is 245 g/mol. The van der Waals surface area contributed by atoms with Crippen molar-refractivity contribution in [1.29, 1.82) is 0 Å². The first-order valence-electron chi connectivity index (χ1n) is 6.23. The maximum absolute atomic E-state index is 12.0. The number of carbonyl (C=O) groups is 2. The SMILES string of the molecule is O=C1C[C@@H]2CC(=O)N(Cc3ccccc3)C[C@@H]2O1. The lowest BCUT2D eigenvalue weighted by Crippen LogP contribution is -2.45. The van der Waals surface area contributed by atoms with E-state index in [4.69, 9.17) is 4.74 Å². The molecule has 1 amide bonds. The summed E-state index contributed by atoms with van der Waals surface area (Å²) in [5.74, 6) is 0.0507. The number of carbonyl (C=O) groups excluding carboxylic acids is 2. The van der Waals surface area contributed by atoms with E-state index in [1.807, 2.05) is 30.3 Å². The number of hydrogen-bond donors (Lipinski definition) is 0. The second kappa shape index (κ2) is 4.44. The molecule has 2 atom stereocenters. The van der Waals surface area contributed by atoms with E-state index in [9.17, 15) is 9.59 Å². The van der Waals surface area contributed by atoms with Gasteiger partial charge in [-0.15, -0.1) is 0 Å². The number of piperidine rings is 1. The van der Waals surface area contributed by atoms with Crippen LogP contribution in [0.25, 0.3) is 0 Å². The zero-order valence-corrected chi connectivity index (χ0v) is 10.0. The molecule has 3 rings (SSSR count). The van der Waals surface area contributed by atoms with E-state index >= 15 is 0 Å². The minimum atomic E-state index is -0.167. The van der Waals surface area contributed by atoms with Gasteiger partial charge >= 0.3 is 5.97 Å². The van der Waals surface area contributed by atoms with E-state index in [-0.39, 0.29) is 23.9 Å². The third kappa shape index (κ3) is 2.10. The Balaban J connectivity index is 1.70. The molecule has 4 nitrogen and oxygen atoms in total. The number of likely N-dealkylation sites (tertiary alicyclic amines) is 1. The summed E-state index contributed by atoms with van der Waals surface area (Å²) in [6, 6.07) is 9.88. The summed E-state index contributed by atoms with van der Waals surface area (Å²) in [5.41, 5.74) is 1.11. The van der Waals surface area contributed by atoms with Crippen LogP contribution in [0.4, 0.5) is 0 Å². The molecule has 2 fully saturated rings. The number of nitrogens with zero attached hydrogens (tertiary/aromatic N) is 1. The van der Waals surface area contributed by atoms with Gasteiger partial charge in [0, 0.05) is 18.9 Å². The molecular formula is C14H15NO3. The molecule has 2 aliphatic rings. The van der Waals surface area contributed by atoms with E-state index in [0.717, 1.165) is 5.56 Å². The van der Waals surface area contributed by atoms with Crippen LogP contribution in [0.2, 0.25) is 0 Å². The number of ether oxygens (including phenoxy) is 1. The van der Waals surface area contributed by atoms with Gasteiger partial charge < -0.3 is 9.64 Å². The highest BCUT2D eigenvalue weighted by atomic mass is 16.6. The maximum Gasteiger partial charge on any atom is 0.306 e. The van der Waals surface area contributed by atoms with Gasteiger partial charge in [-0.1, -0.05) is 30.3 Å². The van der Waals surface area contributed by atoms with Crippen molar-refractivity contribution in [3.63, 3.8) is 0 Å². The smallest absolute Gasteiger partial charge is 0.306 e. The normalized spacial score (nSPS) is 27.0. The highest BCUT2D eigenvalue weighted by Gasteiger charge is 2.42. The molecule has 4 heteroatoms. The number of benzene rings is 1. The third-order valence-electron chi connectivity index (χ3n) is 3.64. The summed E-state index contributed by atoms with van der Waals surface area (Å²) >= 11 is 0. The van der Waals surface area contributed by atoms with Crippen LogP contribution in [0.5, 0.6) is 0 Å². The molecule has 0 saturated carbocycles. The van der Waals surface area contributed by atoms with E-state index in [0.29, 0.717) is 25.9 Å². The van der Waals surface area contributed by atoms with Gasteiger partial charge in [-0.05, 0) is 5.56 Å². The van der Waals surface area contributed by atoms with Crippen LogP contribution >= 0.6 is 0 Å². The number of fused-ring (bicyclic) bond motifs is 1. The number of amides is 1. The Labute approximate surface area is 106 Å². The molecule has 0 N–H and O–H groups in total. The summed E-state index contributed by atoms with van der Waals surface area (Å²) in [6.07, 6.45) is 0.734. The summed E-state index contributed by atoms with van der Waals surface area (Å²) in [4.78, 5) is 25.0. The molecule has 0 bridgehead atoms. The Morgan fingerprint density at radius 2 is 1.94 bits per heavy atom. The van der Waals surface area contributed by atoms with E-state index in [1.54, 1.807) is 4.90 Å². The van der Waals surface area contributed by atoms with Crippen LogP contribution < -0.4 is 0 Å². The molecule has 1 aromatic carbocycles. The topological polar surface area (TPSA) is 46.6 Å². The molecule has 18 heavy (non-hydrogen) atoms. The largest absolute Gasteiger partial charge is 0.460 e. The second-order valence-electron chi connectivity index (χ2n) is 4.96. The quantitative estimate of drug-likeness (QED) is 0.739. The Hall–Kier alpha value is -1.84.